The predicted molar refractivity (Wildman–Crippen MR) is 98.0 cm³/mol. The van der Waals surface area contributed by atoms with Crippen LogP contribution in [0.15, 0.2) is 42.5 Å². The summed E-state index contributed by atoms with van der Waals surface area (Å²) in [5.74, 6) is -0.527. The molecule has 0 aromatic heterocycles. The molecular weight excluding hydrogens is 387 g/mol. The number of aryl methyl sites for hydroxylation is 1. The Kier molecular flexibility index (Phi) is 7.37. The summed E-state index contributed by atoms with van der Waals surface area (Å²) in [4.78, 5) is 23.4. The average Bonchev–Trinajstić information content (AvgIpc) is 2.58. The SMILES string of the molecule is O=C(CCc1ccccc1Cl)NNC(=O)COc1ccc(Cl)cc1Cl. The molecule has 132 valence electrons. The maximum absolute atomic E-state index is 11.8. The van der Waals surface area contributed by atoms with E-state index in [1.54, 1.807) is 18.2 Å². The van der Waals surface area contributed by atoms with Crippen molar-refractivity contribution in [3.63, 3.8) is 0 Å². The number of hydrogen-bond acceptors (Lipinski definition) is 3. The van der Waals surface area contributed by atoms with Gasteiger partial charge in [0.15, 0.2) is 6.61 Å². The lowest BCUT2D eigenvalue weighted by Gasteiger charge is -2.10. The topological polar surface area (TPSA) is 67.4 Å². The van der Waals surface area contributed by atoms with Crippen molar-refractivity contribution in [2.24, 2.45) is 0 Å². The van der Waals surface area contributed by atoms with Crippen molar-refractivity contribution < 1.29 is 14.3 Å². The fraction of sp³-hybridized carbons (Fsp3) is 0.176. The van der Waals surface area contributed by atoms with E-state index < -0.39 is 5.91 Å². The predicted octanol–water partition coefficient (Wildman–Crippen LogP) is 3.81. The van der Waals surface area contributed by atoms with Gasteiger partial charge >= 0.3 is 0 Å². The summed E-state index contributed by atoms with van der Waals surface area (Å²) >= 11 is 17.7. The van der Waals surface area contributed by atoms with Gasteiger partial charge in [-0.1, -0.05) is 53.0 Å². The van der Waals surface area contributed by atoms with Gasteiger partial charge in [0.1, 0.15) is 5.75 Å². The molecule has 0 saturated heterocycles. The Balaban J connectivity index is 1.70. The molecule has 0 aliphatic heterocycles. The zero-order valence-electron chi connectivity index (χ0n) is 13.0. The second-order valence-electron chi connectivity index (χ2n) is 5.05. The molecule has 2 N–H and O–H groups in total. The number of ether oxygens (including phenoxy) is 1. The third kappa shape index (κ3) is 6.46. The Hall–Kier alpha value is -1.95. The molecule has 0 fully saturated rings. The molecular formula is C17H15Cl3N2O3. The van der Waals surface area contributed by atoms with Crippen LogP contribution in [0.5, 0.6) is 5.75 Å². The Labute approximate surface area is 160 Å². The van der Waals surface area contributed by atoms with Crippen molar-refractivity contribution in [3.8, 4) is 5.75 Å². The number of hydrogen-bond donors (Lipinski definition) is 2. The number of amides is 2. The van der Waals surface area contributed by atoms with Crippen molar-refractivity contribution in [2.45, 2.75) is 12.8 Å². The molecule has 0 aliphatic carbocycles. The van der Waals surface area contributed by atoms with Gasteiger partial charge in [-0.2, -0.15) is 0 Å². The molecule has 2 amide bonds. The van der Waals surface area contributed by atoms with Crippen LogP contribution in [0.25, 0.3) is 0 Å². The molecule has 0 bridgehead atoms. The Bertz CT molecular complexity index is 769. The lowest BCUT2D eigenvalue weighted by atomic mass is 10.1. The van der Waals surface area contributed by atoms with Crippen molar-refractivity contribution in [2.75, 3.05) is 6.61 Å². The first-order valence-electron chi connectivity index (χ1n) is 7.34. The fourth-order valence-corrected chi connectivity index (χ4v) is 2.62. The van der Waals surface area contributed by atoms with Gasteiger partial charge in [0.2, 0.25) is 5.91 Å². The molecule has 8 heteroatoms. The molecule has 0 atom stereocenters. The highest BCUT2D eigenvalue weighted by Crippen LogP contribution is 2.27. The average molecular weight is 402 g/mol. The van der Waals surface area contributed by atoms with E-state index in [0.717, 1.165) is 5.56 Å². The molecule has 0 spiro atoms. The molecule has 5 nitrogen and oxygen atoms in total. The Morgan fingerprint density at radius 1 is 0.920 bits per heavy atom. The van der Waals surface area contributed by atoms with Crippen LogP contribution < -0.4 is 15.6 Å². The minimum absolute atomic E-state index is 0.188. The van der Waals surface area contributed by atoms with Gasteiger partial charge in [-0.05, 0) is 36.2 Å². The minimum atomic E-state index is -0.517. The van der Waals surface area contributed by atoms with E-state index in [1.165, 1.54) is 6.07 Å². The minimum Gasteiger partial charge on any atom is -0.482 e. The summed E-state index contributed by atoms with van der Waals surface area (Å²) in [5, 5.41) is 1.37. The largest absolute Gasteiger partial charge is 0.482 e. The monoisotopic (exact) mass is 400 g/mol. The maximum Gasteiger partial charge on any atom is 0.276 e. The van der Waals surface area contributed by atoms with Crippen LogP contribution in [0.4, 0.5) is 0 Å². The maximum atomic E-state index is 11.8. The van der Waals surface area contributed by atoms with Gasteiger partial charge in [0, 0.05) is 16.5 Å². The van der Waals surface area contributed by atoms with Crippen LogP contribution in [0.1, 0.15) is 12.0 Å². The third-order valence-electron chi connectivity index (χ3n) is 3.17. The van der Waals surface area contributed by atoms with E-state index in [1.807, 2.05) is 18.2 Å². The Morgan fingerprint density at radius 2 is 1.64 bits per heavy atom. The highest BCUT2D eigenvalue weighted by Gasteiger charge is 2.09. The van der Waals surface area contributed by atoms with Crippen LogP contribution in [0.2, 0.25) is 15.1 Å². The van der Waals surface area contributed by atoms with Crippen LogP contribution >= 0.6 is 34.8 Å². The highest BCUT2D eigenvalue weighted by molar-refractivity contribution is 6.35. The van der Waals surface area contributed by atoms with E-state index in [9.17, 15) is 9.59 Å². The smallest absolute Gasteiger partial charge is 0.276 e. The zero-order valence-corrected chi connectivity index (χ0v) is 15.3. The number of hydrazine groups is 1. The normalized spacial score (nSPS) is 10.2. The van der Waals surface area contributed by atoms with Gasteiger partial charge < -0.3 is 4.74 Å². The third-order valence-corrected chi connectivity index (χ3v) is 4.07. The fourth-order valence-electron chi connectivity index (χ4n) is 1.92. The molecule has 2 aromatic rings. The van der Waals surface area contributed by atoms with Gasteiger partial charge in [0.25, 0.3) is 5.91 Å². The first-order valence-corrected chi connectivity index (χ1v) is 8.48. The summed E-state index contributed by atoms with van der Waals surface area (Å²) in [6, 6.07) is 11.9. The standard InChI is InChI=1S/C17H15Cl3N2O3/c18-12-6-7-15(14(20)9-12)25-10-17(24)22-21-16(23)8-5-11-3-1-2-4-13(11)19/h1-4,6-7,9H,5,8,10H2,(H,21,23)(H,22,24). The van der Waals surface area contributed by atoms with Gasteiger partial charge in [-0.3, -0.25) is 20.4 Å². The number of benzene rings is 2. The lowest BCUT2D eigenvalue weighted by molar-refractivity contribution is -0.130. The lowest BCUT2D eigenvalue weighted by Crippen LogP contribution is -2.43. The number of halogens is 3. The summed E-state index contributed by atoms with van der Waals surface area (Å²) < 4.78 is 5.26. The first kappa shape index (κ1) is 19.4. The quantitative estimate of drug-likeness (QED) is 0.723. The highest BCUT2D eigenvalue weighted by atomic mass is 35.5. The van der Waals surface area contributed by atoms with Crippen molar-refractivity contribution in [1.82, 2.24) is 10.9 Å². The molecule has 0 unspecified atom stereocenters. The summed E-state index contributed by atoms with van der Waals surface area (Å²) in [6.45, 7) is -0.299. The van der Waals surface area contributed by atoms with Crippen LogP contribution in [0.3, 0.4) is 0 Å². The summed E-state index contributed by atoms with van der Waals surface area (Å²) in [5.41, 5.74) is 5.45. The van der Waals surface area contributed by atoms with Crippen molar-refractivity contribution in [3.05, 3.63) is 63.1 Å². The molecule has 0 heterocycles. The second kappa shape index (κ2) is 9.51. The summed E-state index contributed by atoms with van der Waals surface area (Å²) in [7, 11) is 0. The van der Waals surface area contributed by atoms with Crippen LogP contribution in [0, 0.1) is 0 Å². The van der Waals surface area contributed by atoms with E-state index in [4.69, 9.17) is 39.5 Å². The number of carbonyl (C=O) groups is 2. The van der Waals surface area contributed by atoms with E-state index in [-0.39, 0.29) is 18.9 Å². The van der Waals surface area contributed by atoms with Gasteiger partial charge in [0.05, 0.1) is 5.02 Å². The molecule has 2 aromatic carbocycles. The first-order chi connectivity index (χ1) is 12.0. The van der Waals surface area contributed by atoms with Crippen LogP contribution in [-0.4, -0.2) is 18.4 Å². The number of rotatable bonds is 6. The number of nitrogens with one attached hydrogen (secondary N) is 2. The zero-order chi connectivity index (χ0) is 18.2. The van der Waals surface area contributed by atoms with Gasteiger partial charge in [-0.15, -0.1) is 0 Å². The van der Waals surface area contributed by atoms with E-state index >= 15 is 0 Å². The van der Waals surface area contributed by atoms with E-state index in [0.29, 0.717) is 27.2 Å². The number of carbonyl (C=O) groups excluding carboxylic acids is 2. The molecule has 25 heavy (non-hydrogen) atoms. The summed E-state index contributed by atoms with van der Waals surface area (Å²) in [6.07, 6.45) is 0.659. The van der Waals surface area contributed by atoms with Gasteiger partial charge in [-0.25, -0.2) is 0 Å². The second-order valence-corrected chi connectivity index (χ2v) is 6.30. The molecule has 0 radical (unpaired) electrons. The molecule has 0 aliphatic rings. The van der Waals surface area contributed by atoms with Crippen molar-refractivity contribution in [1.29, 1.82) is 0 Å². The van der Waals surface area contributed by atoms with E-state index in [2.05, 4.69) is 10.9 Å². The van der Waals surface area contributed by atoms with Crippen LogP contribution in [-0.2, 0) is 16.0 Å². The Morgan fingerprint density at radius 3 is 2.36 bits per heavy atom. The van der Waals surface area contributed by atoms with Crippen molar-refractivity contribution >= 4 is 46.6 Å². The molecule has 0 saturated carbocycles. The molecule has 2 rings (SSSR count).